The fraction of sp³-hybridized carbons (Fsp3) is 0.188. The molecule has 4 nitrogen and oxygen atoms in total. The standard InChI is InChI=1S/C16H18N2O2/c1-10-5-3-4-6-13(10)11(2)18-12-7-8-14(16(19)20)15(17)9-12/h3-9,11,18H,17H2,1-2H3,(H,19,20). The average Bonchev–Trinajstić information content (AvgIpc) is 2.38. The van der Waals surface area contributed by atoms with Gasteiger partial charge in [0.2, 0.25) is 0 Å². The Hall–Kier alpha value is -2.49. The quantitative estimate of drug-likeness (QED) is 0.744. The van der Waals surface area contributed by atoms with E-state index in [1.54, 1.807) is 12.1 Å². The van der Waals surface area contributed by atoms with Crippen LogP contribution in [0.1, 0.15) is 34.5 Å². The number of anilines is 2. The lowest BCUT2D eigenvalue weighted by Crippen LogP contribution is -2.09. The van der Waals surface area contributed by atoms with E-state index < -0.39 is 5.97 Å². The normalized spacial score (nSPS) is 11.9. The van der Waals surface area contributed by atoms with Crippen LogP contribution in [0.15, 0.2) is 42.5 Å². The molecule has 104 valence electrons. The summed E-state index contributed by atoms with van der Waals surface area (Å²) in [4.78, 5) is 10.9. The van der Waals surface area contributed by atoms with Crippen LogP contribution in [0, 0.1) is 6.92 Å². The number of rotatable bonds is 4. The summed E-state index contributed by atoms with van der Waals surface area (Å²) in [5.41, 5.74) is 9.35. The van der Waals surface area contributed by atoms with E-state index in [-0.39, 0.29) is 17.3 Å². The lowest BCUT2D eigenvalue weighted by atomic mass is 10.0. The molecule has 0 fully saturated rings. The highest BCUT2D eigenvalue weighted by Gasteiger charge is 2.11. The summed E-state index contributed by atoms with van der Waals surface area (Å²) in [7, 11) is 0. The minimum Gasteiger partial charge on any atom is -0.478 e. The van der Waals surface area contributed by atoms with Crippen molar-refractivity contribution in [1.29, 1.82) is 0 Å². The van der Waals surface area contributed by atoms with Crippen LogP contribution in [-0.2, 0) is 0 Å². The summed E-state index contributed by atoms with van der Waals surface area (Å²) in [5.74, 6) is -1.01. The molecule has 0 aliphatic carbocycles. The van der Waals surface area contributed by atoms with Gasteiger partial charge in [0.05, 0.1) is 5.56 Å². The van der Waals surface area contributed by atoms with Crippen molar-refractivity contribution >= 4 is 17.3 Å². The number of aryl methyl sites for hydroxylation is 1. The van der Waals surface area contributed by atoms with E-state index in [9.17, 15) is 4.79 Å². The van der Waals surface area contributed by atoms with Gasteiger partial charge in [-0.25, -0.2) is 4.79 Å². The number of carboxylic acids is 1. The van der Waals surface area contributed by atoms with Crippen LogP contribution in [0.3, 0.4) is 0 Å². The third-order valence-corrected chi connectivity index (χ3v) is 3.32. The third kappa shape index (κ3) is 2.91. The molecule has 0 spiro atoms. The van der Waals surface area contributed by atoms with Crippen LogP contribution in [0.4, 0.5) is 11.4 Å². The van der Waals surface area contributed by atoms with Crippen molar-refractivity contribution in [1.82, 2.24) is 0 Å². The van der Waals surface area contributed by atoms with Crippen molar-refractivity contribution in [3.05, 3.63) is 59.2 Å². The number of nitrogens with one attached hydrogen (secondary N) is 1. The van der Waals surface area contributed by atoms with Crippen LogP contribution < -0.4 is 11.1 Å². The molecule has 1 atom stereocenters. The SMILES string of the molecule is Cc1ccccc1C(C)Nc1ccc(C(=O)O)c(N)c1. The maximum atomic E-state index is 10.9. The second-order valence-electron chi connectivity index (χ2n) is 4.83. The van der Waals surface area contributed by atoms with Gasteiger partial charge in [-0.3, -0.25) is 0 Å². The Morgan fingerprint density at radius 1 is 1.25 bits per heavy atom. The molecular weight excluding hydrogens is 252 g/mol. The van der Waals surface area contributed by atoms with Gasteiger partial charge < -0.3 is 16.2 Å². The van der Waals surface area contributed by atoms with E-state index in [4.69, 9.17) is 10.8 Å². The second kappa shape index (κ2) is 5.65. The van der Waals surface area contributed by atoms with E-state index in [0.717, 1.165) is 5.69 Å². The first-order valence-corrected chi connectivity index (χ1v) is 6.44. The zero-order valence-electron chi connectivity index (χ0n) is 11.6. The van der Waals surface area contributed by atoms with Crippen molar-refractivity contribution in [2.45, 2.75) is 19.9 Å². The maximum absolute atomic E-state index is 10.9. The number of nitrogen functional groups attached to an aromatic ring is 1. The summed E-state index contributed by atoms with van der Waals surface area (Å²) in [6, 6.07) is 13.2. The number of aromatic carboxylic acids is 1. The van der Waals surface area contributed by atoms with E-state index in [2.05, 4.69) is 31.3 Å². The van der Waals surface area contributed by atoms with E-state index in [0.29, 0.717) is 0 Å². The molecule has 1 unspecified atom stereocenters. The molecule has 0 aromatic heterocycles. The lowest BCUT2D eigenvalue weighted by molar-refractivity contribution is 0.0698. The third-order valence-electron chi connectivity index (χ3n) is 3.32. The Labute approximate surface area is 118 Å². The Morgan fingerprint density at radius 3 is 2.55 bits per heavy atom. The number of carbonyl (C=O) groups is 1. The molecule has 2 rings (SSSR count). The largest absolute Gasteiger partial charge is 0.478 e. The van der Waals surface area contributed by atoms with Crippen LogP contribution in [0.25, 0.3) is 0 Å². The summed E-state index contributed by atoms with van der Waals surface area (Å²) in [6.07, 6.45) is 0. The van der Waals surface area contributed by atoms with Gasteiger partial charge in [0.25, 0.3) is 0 Å². The van der Waals surface area contributed by atoms with E-state index in [1.165, 1.54) is 17.2 Å². The Bertz CT molecular complexity index is 638. The van der Waals surface area contributed by atoms with Crippen LogP contribution in [-0.4, -0.2) is 11.1 Å². The van der Waals surface area contributed by atoms with Crippen LogP contribution >= 0.6 is 0 Å². The molecule has 2 aromatic rings. The zero-order valence-corrected chi connectivity index (χ0v) is 11.6. The Kier molecular flexibility index (Phi) is 3.94. The van der Waals surface area contributed by atoms with Crippen molar-refractivity contribution in [2.24, 2.45) is 0 Å². The van der Waals surface area contributed by atoms with E-state index >= 15 is 0 Å². The van der Waals surface area contributed by atoms with Gasteiger partial charge in [0.15, 0.2) is 0 Å². The molecule has 0 aliphatic heterocycles. The minimum atomic E-state index is -1.01. The van der Waals surface area contributed by atoms with Gasteiger partial charge in [0.1, 0.15) is 0 Å². The number of hydrogen-bond acceptors (Lipinski definition) is 3. The van der Waals surface area contributed by atoms with Gasteiger partial charge in [-0.2, -0.15) is 0 Å². The van der Waals surface area contributed by atoms with Crippen molar-refractivity contribution in [2.75, 3.05) is 11.1 Å². The fourth-order valence-corrected chi connectivity index (χ4v) is 2.25. The topological polar surface area (TPSA) is 75.3 Å². The molecule has 0 amide bonds. The van der Waals surface area contributed by atoms with Gasteiger partial charge in [0, 0.05) is 17.4 Å². The highest BCUT2D eigenvalue weighted by atomic mass is 16.4. The molecule has 0 saturated carbocycles. The summed E-state index contributed by atoms with van der Waals surface area (Å²) < 4.78 is 0. The summed E-state index contributed by atoms with van der Waals surface area (Å²) in [5, 5.41) is 12.3. The molecule has 0 radical (unpaired) electrons. The number of nitrogens with two attached hydrogens (primary N) is 1. The predicted octanol–water partition coefficient (Wildman–Crippen LogP) is 3.45. The first-order chi connectivity index (χ1) is 9.49. The average molecular weight is 270 g/mol. The Balaban J connectivity index is 2.20. The number of carboxylic acid groups (broad SMARTS) is 1. The monoisotopic (exact) mass is 270 g/mol. The van der Waals surface area contributed by atoms with Crippen LogP contribution in [0.5, 0.6) is 0 Å². The fourth-order valence-electron chi connectivity index (χ4n) is 2.25. The first kappa shape index (κ1) is 13.9. The first-order valence-electron chi connectivity index (χ1n) is 6.44. The number of benzene rings is 2. The van der Waals surface area contributed by atoms with Crippen molar-refractivity contribution in [3.63, 3.8) is 0 Å². The second-order valence-corrected chi connectivity index (χ2v) is 4.83. The molecule has 0 saturated heterocycles. The van der Waals surface area contributed by atoms with Gasteiger partial charge in [-0.15, -0.1) is 0 Å². The smallest absolute Gasteiger partial charge is 0.337 e. The molecule has 4 N–H and O–H groups in total. The molecular formula is C16H18N2O2. The number of hydrogen-bond donors (Lipinski definition) is 3. The minimum absolute atomic E-state index is 0.117. The highest BCUT2D eigenvalue weighted by molar-refractivity contribution is 5.94. The molecule has 0 aliphatic rings. The maximum Gasteiger partial charge on any atom is 0.337 e. The summed E-state index contributed by atoms with van der Waals surface area (Å²) in [6.45, 7) is 4.12. The molecule has 0 bridgehead atoms. The van der Waals surface area contributed by atoms with Gasteiger partial charge >= 0.3 is 5.97 Å². The van der Waals surface area contributed by atoms with Gasteiger partial charge in [-0.05, 0) is 43.2 Å². The van der Waals surface area contributed by atoms with Gasteiger partial charge in [-0.1, -0.05) is 24.3 Å². The molecule has 0 heterocycles. The van der Waals surface area contributed by atoms with Crippen molar-refractivity contribution in [3.8, 4) is 0 Å². The molecule has 20 heavy (non-hydrogen) atoms. The highest BCUT2D eigenvalue weighted by Crippen LogP contribution is 2.24. The Morgan fingerprint density at radius 2 is 1.95 bits per heavy atom. The summed E-state index contributed by atoms with van der Waals surface area (Å²) >= 11 is 0. The predicted molar refractivity (Wildman–Crippen MR) is 81.0 cm³/mol. The van der Waals surface area contributed by atoms with E-state index in [1.807, 2.05) is 12.1 Å². The zero-order chi connectivity index (χ0) is 14.7. The molecule has 4 heteroatoms. The lowest BCUT2D eigenvalue weighted by Gasteiger charge is -2.18. The molecule has 2 aromatic carbocycles. The van der Waals surface area contributed by atoms with Crippen LogP contribution in [0.2, 0.25) is 0 Å². The van der Waals surface area contributed by atoms with Crippen molar-refractivity contribution < 1.29 is 9.90 Å².